The molecule has 0 spiro atoms. The van der Waals surface area contributed by atoms with Gasteiger partial charge in [-0.05, 0) is 44.0 Å². The number of para-hydroxylation sites is 1. The molecule has 1 aliphatic heterocycles. The van der Waals surface area contributed by atoms with E-state index in [9.17, 15) is 4.79 Å². The second-order valence-corrected chi connectivity index (χ2v) is 8.11. The number of hydrogen-bond acceptors (Lipinski definition) is 7. The lowest BCUT2D eigenvalue weighted by Gasteiger charge is -2.31. The fourth-order valence-corrected chi connectivity index (χ4v) is 4.22. The highest BCUT2D eigenvalue weighted by Gasteiger charge is 2.27. The second kappa shape index (κ2) is 9.30. The van der Waals surface area contributed by atoms with E-state index in [1.54, 1.807) is 24.4 Å². The Hall–Kier alpha value is -4.27. The summed E-state index contributed by atoms with van der Waals surface area (Å²) in [6.07, 6.45) is 8.12. The second-order valence-electron chi connectivity index (χ2n) is 8.11. The molecule has 1 saturated heterocycles. The number of amides is 1. The number of hydrogen-bond donors (Lipinski definition) is 1. The lowest BCUT2D eigenvalue weighted by molar-refractivity contribution is -0.127. The number of likely N-dealkylation sites (tertiary alicyclic amines) is 1. The first-order valence-corrected chi connectivity index (χ1v) is 11.2. The molecule has 9 heteroatoms. The van der Waals surface area contributed by atoms with Crippen LogP contribution in [0.15, 0.2) is 67.1 Å². The fourth-order valence-electron chi connectivity index (χ4n) is 4.22. The maximum Gasteiger partial charge on any atom is 0.246 e. The number of pyridine rings is 1. The standard InChI is InChI=1S/C25H25N7O2/c1-2-6-21(33)31-13-11-18(12-14-31)32-25-22(24(26)28-16-29-25)23(30-32)17-9-10-20(27-15-17)34-19-7-4-3-5-8-19/h2-10,15-16,18H,11-14H2,1H3,(H2,26,28,29)/b6-2+. The number of carbonyl (C=O) groups is 1. The Morgan fingerprint density at radius 1 is 1.09 bits per heavy atom. The summed E-state index contributed by atoms with van der Waals surface area (Å²) in [6, 6.07) is 13.3. The topological polar surface area (TPSA) is 112 Å². The molecule has 0 unspecified atom stereocenters. The van der Waals surface area contributed by atoms with Crippen molar-refractivity contribution in [1.82, 2.24) is 29.6 Å². The first kappa shape index (κ1) is 21.6. The minimum absolute atomic E-state index is 0.0439. The highest BCUT2D eigenvalue weighted by atomic mass is 16.5. The van der Waals surface area contributed by atoms with Gasteiger partial charge < -0.3 is 15.4 Å². The summed E-state index contributed by atoms with van der Waals surface area (Å²) in [7, 11) is 0. The van der Waals surface area contributed by atoms with Crippen molar-refractivity contribution in [3.05, 3.63) is 67.1 Å². The maximum absolute atomic E-state index is 12.2. The third-order valence-corrected chi connectivity index (χ3v) is 5.92. The molecule has 0 aliphatic carbocycles. The van der Waals surface area contributed by atoms with E-state index < -0.39 is 0 Å². The third kappa shape index (κ3) is 4.19. The number of nitrogens with two attached hydrogens (primary N) is 1. The van der Waals surface area contributed by atoms with Crippen LogP contribution in [0, 0.1) is 0 Å². The number of nitrogens with zero attached hydrogens (tertiary/aromatic N) is 6. The Morgan fingerprint density at radius 2 is 1.88 bits per heavy atom. The number of aromatic nitrogens is 5. The van der Waals surface area contributed by atoms with Crippen LogP contribution in [0.4, 0.5) is 5.82 Å². The van der Waals surface area contributed by atoms with Gasteiger partial charge in [0.25, 0.3) is 0 Å². The summed E-state index contributed by atoms with van der Waals surface area (Å²) < 4.78 is 7.73. The maximum atomic E-state index is 12.2. The van der Waals surface area contributed by atoms with Gasteiger partial charge in [0.1, 0.15) is 23.6 Å². The molecule has 0 saturated carbocycles. The van der Waals surface area contributed by atoms with E-state index in [-0.39, 0.29) is 11.9 Å². The van der Waals surface area contributed by atoms with Crippen LogP contribution in [0.5, 0.6) is 11.6 Å². The quantitative estimate of drug-likeness (QED) is 0.453. The summed E-state index contributed by atoms with van der Waals surface area (Å²) in [4.78, 5) is 27.2. The Balaban J connectivity index is 1.43. The predicted octanol–water partition coefficient (Wildman–Crippen LogP) is 4.00. The van der Waals surface area contributed by atoms with Gasteiger partial charge in [-0.3, -0.25) is 4.79 Å². The molecule has 1 aliphatic rings. The zero-order valence-corrected chi connectivity index (χ0v) is 18.8. The minimum Gasteiger partial charge on any atom is -0.439 e. The molecule has 1 amide bonds. The van der Waals surface area contributed by atoms with Crippen molar-refractivity contribution < 1.29 is 9.53 Å². The molecular weight excluding hydrogens is 430 g/mol. The average Bonchev–Trinajstić information content (AvgIpc) is 3.26. The van der Waals surface area contributed by atoms with E-state index in [0.717, 1.165) is 24.2 Å². The number of rotatable bonds is 5. The van der Waals surface area contributed by atoms with Crippen molar-refractivity contribution in [3.63, 3.8) is 0 Å². The number of anilines is 1. The van der Waals surface area contributed by atoms with Gasteiger partial charge in [-0.25, -0.2) is 19.6 Å². The fraction of sp³-hybridized carbons (Fsp3) is 0.240. The lowest BCUT2D eigenvalue weighted by Crippen LogP contribution is -2.38. The normalized spacial score (nSPS) is 14.7. The summed E-state index contributed by atoms with van der Waals surface area (Å²) in [5, 5.41) is 5.60. The summed E-state index contributed by atoms with van der Waals surface area (Å²) >= 11 is 0. The smallest absolute Gasteiger partial charge is 0.246 e. The molecule has 0 atom stereocenters. The molecule has 34 heavy (non-hydrogen) atoms. The molecule has 172 valence electrons. The zero-order valence-electron chi connectivity index (χ0n) is 18.8. The van der Waals surface area contributed by atoms with Crippen LogP contribution < -0.4 is 10.5 Å². The summed E-state index contributed by atoms with van der Waals surface area (Å²) in [5.74, 6) is 1.62. The van der Waals surface area contributed by atoms with Crippen LogP contribution >= 0.6 is 0 Å². The average molecular weight is 456 g/mol. The molecule has 3 aromatic heterocycles. The number of allylic oxidation sites excluding steroid dienone is 1. The van der Waals surface area contributed by atoms with E-state index in [1.165, 1.54) is 6.33 Å². The van der Waals surface area contributed by atoms with Crippen LogP contribution in [-0.4, -0.2) is 48.6 Å². The number of nitrogen functional groups attached to an aromatic ring is 1. The van der Waals surface area contributed by atoms with Crippen molar-refractivity contribution in [2.45, 2.75) is 25.8 Å². The van der Waals surface area contributed by atoms with Crippen molar-refractivity contribution in [2.24, 2.45) is 0 Å². The SMILES string of the molecule is C/C=C/C(=O)N1CCC(n2nc(-c3ccc(Oc4ccccc4)nc3)c3c(N)ncnc32)CC1. The Labute approximate surface area is 196 Å². The molecule has 4 aromatic rings. The minimum atomic E-state index is 0.0439. The van der Waals surface area contributed by atoms with Crippen molar-refractivity contribution >= 4 is 22.8 Å². The highest BCUT2D eigenvalue weighted by Crippen LogP contribution is 2.34. The molecule has 1 fully saturated rings. The summed E-state index contributed by atoms with van der Waals surface area (Å²) in [6.45, 7) is 3.18. The van der Waals surface area contributed by atoms with E-state index >= 15 is 0 Å². The largest absolute Gasteiger partial charge is 0.439 e. The Bertz CT molecular complexity index is 1320. The van der Waals surface area contributed by atoms with Crippen molar-refractivity contribution in [1.29, 1.82) is 0 Å². The lowest BCUT2D eigenvalue weighted by atomic mass is 10.1. The van der Waals surface area contributed by atoms with Crippen LogP contribution in [0.2, 0.25) is 0 Å². The van der Waals surface area contributed by atoms with E-state index in [0.29, 0.717) is 41.5 Å². The van der Waals surface area contributed by atoms with Crippen LogP contribution in [0.3, 0.4) is 0 Å². The van der Waals surface area contributed by atoms with E-state index in [1.807, 2.05) is 52.9 Å². The Morgan fingerprint density at radius 3 is 2.59 bits per heavy atom. The molecule has 9 nitrogen and oxygen atoms in total. The van der Waals surface area contributed by atoms with Gasteiger partial charge in [-0.2, -0.15) is 5.10 Å². The van der Waals surface area contributed by atoms with Gasteiger partial charge in [0.15, 0.2) is 5.65 Å². The van der Waals surface area contributed by atoms with E-state index in [4.69, 9.17) is 15.6 Å². The monoisotopic (exact) mass is 455 g/mol. The molecule has 2 N–H and O–H groups in total. The number of ether oxygens (including phenoxy) is 1. The van der Waals surface area contributed by atoms with Crippen LogP contribution in [-0.2, 0) is 4.79 Å². The van der Waals surface area contributed by atoms with E-state index in [2.05, 4.69) is 15.0 Å². The zero-order chi connectivity index (χ0) is 23.5. The number of benzene rings is 1. The van der Waals surface area contributed by atoms with Gasteiger partial charge in [-0.15, -0.1) is 0 Å². The van der Waals surface area contributed by atoms with Crippen LogP contribution in [0.25, 0.3) is 22.3 Å². The molecule has 4 heterocycles. The first-order valence-electron chi connectivity index (χ1n) is 11.2. The molecule has 0 bridgehead atoms. The third-order valence-electron chi connectivity index (χ3n) is 5.92. The number of fused-ring (bicyclic) bond motifs is 1. The number of carbonyl (C=O) groups excluding carboxylic acids is 1. The molecular formula is C25H25N7O2. The first-order chi connectivity index (χ1) is 16.6. The van der Waals surface area contributed by atoms with Gasteiger partial charge in [0.2, 0.25) is 11.8 Å². The van der Waals surface area contributed by atoms with Gasteiger partial charge in [-0.1, -0.05) is 24.3 Å². The van der Waals surface area contributed by atoms with Crippen LogP contribution in [0.1, 0.15) is 25.8 Å². The van der Waals surface area contributed by atoms with Crippen molar-refractivity contribution in [3.8, 4) is 22.9 Å². The molecule has 0 radical (unpaired) electrons. The van der Waals surface area contributed by atoms with Gasteiger partial charge >= 0.3 is 0 Å². The van der Waals surface area contributed by atoms with Crippen molar-refractivity contribution in [2.75, 3.05) is 18.8 Å². The Kier molecular flexibility index (Phi) is 5.90. The number of piperidine rings is 1. The molecule has 5 rings (SSSR count). The predicted molar refractivity (Wildman–Crippen MR) is 129 cm³/mol. The highest BCUT2D eigenvalue weighted by molar-refractivity contribution is 5.98. The molecule has 1 aromatic carbocycles. The van der Waals surface area contributed by atoms with Gasteiger partial charge in [0, 0.05) is 30.9 Å². The van der Waals surface area contributed by atoms with Gasteiger partial charge in [0.05, 0.1) is 11.4 Å². The summed E-state index contributed by atoms with van der Waals surface area (Å²) in [5.41, 5.74) is 8.42.